The van der Waals surface area contributed by atoms with E-state index < -0.39 is 13.0 Å². The topological polar surface area (TPSA) is 56.5 Å². The van der Waals surface area contributed by atoms with Crippen molar-refractivity contribution < 1.29 is 18.3 Å². The van der Waals surface area contributed by atoms with E-state index in [1.807, 2.05) is 0 Å². The summed E-state index contributed by atoms with van der Waals surface area (Å²) >= 11 is 0. The van der Waals surface area contributed by atoms with Crippen LogP contribution in [0.25, 0.3) is 0 Å². The molecule has 0 atom stereocenters. The molecule has 0 saturated carbocycles. The van der Waals surface area contributed by atoms with Crippen molar-refractivity contribution in [1.82, 2.24) is 0 Å². The molecular formula is C11H16F2N2O2. The lowest BCUT2D eigenvalue weighted by Crippen LogP contribution is -2.13. The molecule has 0 aliphatic heterocycles. The fourth-order valence-electron chi connectivity index (χ4n) is 1.26. The van der Waals surface area contributed by atoms with E-state index in [4.69, 9.17) is 15.2 Å². The third-order valence-corrected chi connectivity index (χ3v) is 2.05. The first kappa shape index (κ1) is 13.5. The monoisotopic (exact) mass is 246 g/mol. The number of hydrogen-bond donors (Lipinski definition) is 2. The number of benzene rings is 1. The summed E-state index contributed by atoms with van der Waals surface area (Å²) in [6, 6.07) is 5.23. The van der Waals surface area contributed by atoms with Crippen LogP contribution in [0.4, 0.5) is 20.2 Å². The van der Waals surface area contributed by atoms with Gasteiger partial charge in [-0.15, -0.1) is 0 Å². The fourth-order valence-corrected chi connectivity index (χ4v) is 1.26. The highest BCUT2D eigenvalue weighted by molar-refractivity contribution is 5.61. The van der Waals surface area contributed by atoms with Crippen LogP contribution in [-0.2, 0) is 4.74 Å². The average Bonchev–Trinajstić information content (AvgIpc) is 2.30. The van der Waals surface area contributed by atoms with Crippen LogP contribution in [0.2, 0.25) is 0 Å². The molecule has 0 aliphatic carbocycles. The third-order valence-electron chi connectivity index (χ3n) is 2.05. The van der Waals surface area contributed by atoms with Crippen LogP contribution in [0.5, 0.6) is 5.75 Å². The Balaban J connectivity index is 2.32. The van der Waals surface area contributed by atoms with Crippen molar-refractivity contribution >= 4 is 11.4 Å². The highest BCUT2D eigenvalue weighted by Gasteiger charge is 2.02. The van der Waals surface area contributed by atoms with E-state index in [0.29, 0.717) is 18.0 Å². The molecule has 0 bridgehead atoms. The molecule has 6 heteroatoms. The highest BCUT2D eigenvalue weighted by atomic mass is 19.3. The van der Waals surface area contributed by atoms with Gasteiger partial charge in [0.25, 0.3) is 6.43 Å². The predicted octanol–water partition coefficient (Wildman–Crippen LogP) is 1.97. The smallest absolute Gasteiger partial charge is 0.261 e. The summed E-state index contributed by atoms with van der Waals surface area (Å²) in [5.74, 6) is 0.573. The van der Waals surface area contributed by atoms with E-state index in [2.05, 4.69) is 5.32 Å². The quantitative estimate of drug-likeness (QED) is 0.570. The molecule has 0 aromatic heterocycles. The van der Waals surface area contributed by atoms with Crippen LogP contribution in [0.1, 0.15) is 0 Å². The number of methoxy groups -OCH3 is 1. The van der Waals surface area contributed by atoms with E-state index >= 15 is 0 Å². The van der Waals surface area contributed by atoms with Crippen LogP contribution in [-0.4, -0.2) is 33.3 Å². The summed E-state index contributed by atoms with van der Waals surface area (Å²) in [6.45, 7) is 0.129. The molecule has 0 aliphatic rings. The maximum absolute atomic E-state index is 11.8. The van der Waals surface area contributed by atoms with Crippen molar-refractivity contribution in [2.24, 2.45) is 0 Å². The second-order valence-corrected chi connectivity index (χ2v) is 3.35. The molecule has 1 aromatic rings. The number of anilines is 2. The zero-order valence-electron chi connectivity index (χ0n) is 9.58. The molecule has 96 valence electrons. The minimum atomic E-state index is -2.42. The number of nitrogen functional groups attached to an aromatic ring is 1. The van der Waals surface area contributed by atoms with Crippen molar-refractivity contribution in [1.29, 1.82) is 0 Å². The molecule has 0 saturated heterocycles. The van der Waals surface area contributed by atoms with Crippen molar-refractivity contribution in [2.75, 3.05) is 37.9 Å². The zero-order chi connectivity index (χ0) is 12.7. The van der Waals surface area contributed by atoms with E-state index in [1.165, 1.54) is 7.11 Å². The Morgan fingerprint density at radius 3 is 2.82 bits per heavy atom. The molecule has 1 rings (SSSR count). The first-order valence-electron chi connectivity index (χ1n) is 5.16. The van der Waals surface area contributed by atoms with E-state index in [9.17, 15) is 8.78 Å². The van der Waals surface area contributed by atoms with Crippen LogP contribution < -0.4 is 15.8 Å². The molecule has 3 N–H and O–H groups in total. The van der Waals surface area contributed by atoms with Crippen molar-refractivity contribution in [3.63, 3.8) is 0 Å². The third kappa shape index (κ3) is 4.86. The SMILES string of the molecule is COc1cc(NCCOCC(F)F)ccc1N. The number of nitrogens with one attached hydrogen (secondary N) is 1. The van der Waals surface area contributed by atoms with Crippen LogP contribution in [0.3, 0.4) is 0 Å². The molecule has 0 fully saturated rings. The second kappa shape index (κ2) is 6.90. The molecular weight excluding hydrogens is 230 g/mol. The van der Waals surface area contributed by atoms with Gasteiger partial charge in [-0.1, -0.05) is 0 Å². The maximum atomic E-state index is 11.8. The first-order chi connectivity index (χ1) is 8.13. The standard InChI is InChI=1S/C11H16F2N2O2/c1-16-10-6-8(2-3-9(10)14)15-4-5-17-7-11(12)13/h2-3,6,11,15H,4-5,7,14H2,1H3. The van der Waals surface area contributed by atoms with E-state index in [1.54, 1.807) is 18.2 Å². The zero-order valence-corrected chi connectivity index (χ0v) is 9.58. The molecule has 17 heavy (non-hydrogen) atoms. The van der Waals surface area contributed by atoms with Gasteiger partial charge in [-0.2, -0.15) is 0 Å². The number of rotatable bonds is 7. The molecule has 0 radical (unpaired) electrons. The lowest BCUT2D eigenvalue weighted by molar-refractivity contribution is 0.0215. The van der Waals surface area contributed by atoms with Gasteiger partial charge in [-0.25, -0.2) is 8.78 Å². The van der Waals surface area contributed by atoms with Crippen LogP contribution in [0.15, 0.2) is 18.2 Å². The summed E-state index contributed by atoms with van der Waals surface area (Å²) in [4.78, 5) is 0. The van der Waals surface area contributed by atoms with Gasteiger partial charge in [-0.05, 0) is 12.1 Å². The number of halogens is 2. The highest BCUT2D eigenvalue weighted by Crippen LogP contribution is 2.24. The number of ether oxygens (including phenoxy) is 2. The van der Waals surface area contributed by atoms with Gasteiger partial charge in [0.15, 0.2) is 0 Å². The van der Waals surface area contributed by atoms with Gasteiger partial charge in [0.05, 0.1) is 19.4 Å². The molecule has 0 spiro atoms. The summed E-state index contributed by atoms with van der Waals surface area (Å²) in [6.07, 6.45) is -2.42. The van der Waals surface area contributed by atoms with Crippen LogP contribution >= 0.6 is 0 Å². The van der Waals surface area contributed by atoms with Gasteiger partial charge >= 0.3 is 0 Å². The fraction of sp³-hybridized carbons (Fsp3) is 0.455. The lowest BCUT2D eigenvalue weighted by Gasteiger charge is -2.10. The van der Waals surface area contributed by atoms with Crippen molar-refractivity contribution in [3.8, 4) is 5.75 Å². The Morgan fingerprint density at radius 1 is 1.41 bits per heavy atom. The summed E-state index contributed by atoms with van der Waals surface area (Å²) < 4.78 is 33.3. The van der Waals surface area contributed by atoms with Crippen molar-refractivity contribution in [3.05, 3.63) is 18.2 Å². The van der Waals surface area contributed by atoms with Gasteiger partial charge in [0.1, 0.15) is 12.4 Å². The predicted molar refractivity (Wildman–Crippen MR) is 62.7 cm³/mol. The number of alkyl halides is 2. The normalized spacial score (nSPS) is 10.6. The van der Waals surface area contributed by atoms with Crippen molar-refractivity contribution in [2.45, 2.75) is 6.43 Å². The first-order valence-corrected chi connectivity index (χ1v) is 5.16. The van der Waals surface area contributed by atoms with Gasteiger partial charge in [0, 0.05) is 18.3 Å². The van der Waals surface area contributed by atoms with Gasteiger partial charge in [-0.3, -0.25) is 0 Å². The maximum Gasteiger partial charge on any atom is 0.261 e. The Kier molecular flexibility index (Phi) is 5.48. The van der Waals surface area contributed by atoms with Gasteiger partial charge in [0.2, 0.25) is 0 Å². The molecule has 0 heterocycles. The number of hydrogen-bond acceptors (Lipinski definition) is 4. The minimum Gasteiger partial charge on any atom is -0.495 e. The average molecular weight is 246 g/mol. The summed E-state index contributed by atoms with van der Waals surface area (Å²) in [7, 11) is 1.53. The second-order valence-electron chi connectivity index (χ2n) is 3.35. The summed E-state index contributed by atoms with van der Waals surface area (Å²) in [5.41, 5.74) is 7.00. The molecule has 4 nitrogen and oxygen atoms in total. The Bertz CT molecular complexity index is 348. The van der Waals surface area contributed by atoms with Gasteiger partial charge < -0.3 is 20.5 Å². The Labute approximate surface area is 98.7 Å². The largest absolute Gasteiger partial charge is 0.495 e. The van der Waals surface area contributed by atoms with E-state index in [0.717, 1.165) is 5.69 Å². The minimum absolute atomic E-state index is 0.219. The van der Waals surface area contributed by atoms with E-state index in [-0.39, 0.29) is 6.61 Å². The molecule has 1 aromatic carbocycles. The lowest BCUT2D eigenvalue weighted by atomic mass is 10.2. The molecule has 0 amide bonds. The molecule has 0 unspecified atom stereocenters. The van der Waals surface area contributed by atoms with Crippen LogP contribution in [0, 0.1) is 0 Å². The number of nitrogens with two attached hydrogens (primary N) is 1. The Hall–Kier alpha value is -1.56. The Morgan fingerprint density at radius 2 is 2.18 bits per heavy atom. The summed E-state index contributed by atoms with van der Waals surface area (Å²) in [5, 5.41) is 3.01.